The highest BCUT2D eigenvalue weighted by molar-refractivity contribution is 7.93. The highest BCUT2D eigenvalue weighted by atomic mass is 32.2. The van der Waals surface area contributed by atoms with Crippen molar-refractivity contribution in [3.05, 3.63) is 77.9 Å². The highest BCUT2D eigenvalue weighted by Crippen LogP contribution is 2.35. The lowest BCUT2D eigenvalue weighted by atomic mass is 9.98. The van der Waals surface area contributed by atoms with E-state index in [-0.39, 0.29) is 36.9 Å². The average Bonchev–Trinajstić information content (AvgIpc) is 2.88. The molecule has 7 nitrogen and oxygen atoms in total. The maximum absolute atomic E-state index is 13.2. The van der Waals surface area contributed by atoms with Gasteiger partial charge in [-0.25, -0.2) is 8.42 Å². The lowest BCUT2D eigenvalue weighted by Gasteiger charge is -2.33. The predicted molar refractivity (Wildman–Crippen MR) is 135 cm³/mol. The summed E-state index contributed by atoms with van der Waals surface area (Å²) in [6, 6.07) is 20.2. The highest BCUT2D eigenvalue weighted by Gasteiger charge is 2.50. The molecule has 4 rings (SSSR count). The van der Waals surface area contributed by atoms with E-state index in [0.29, 0.717) is 12.1 Å². The van der Waals surface area contributed by atoms with Gasteiger partial charge in [0.25, 0.3) is 5.91 Å². The molecule has 0 bridgehead atoms. The summed E-state index contributed by atoms with van der Waals surface area (Å²) in [6.45, 7) is 0.941. The number of sulfone groups is 1. The van der Waals surface area contributed by atoms with Gasteiger partial charge >= 0.3 is 0 Å². The van der Waals surface area contributed by atoms with Crippen molar-refractivity contribution in [1.82, 2.24) is 5.32 Å². The third-order valence-corrected chi connectivity index (χ3v) is 9.22. The van der Waals surface area contributed by atoms with Crippen molar-refractivity contribution in [2.24, 2.45) is 5.73 Å². The molecule has 184 valence electrons. The Morgan fingerprint density at radius 2 is 1.60 bits per heavy atom. The minimum absolute atomic E-state index is 0.0668. The zero-order valence-corrected chi connectivity index (χ0v) is 20.4. The van der Waals surface area contributed by atoms with Gasteiger partial charge in [0.05, 0.1) is 4.90 Å². The summed E-state index contributed by atoms with van der Waals surface area (Å²) in [4.78, 5) is 24.7. The van der Waals surface area contributed by atoms with Crippen LogP contribution in [0, 0.1) is 0 Å². The van der Waals surface area contributed by atoms with E-state index in [4.69, 9.17) is 10.5 Å². The standard InChI is InChI=1S/C27H30N2O5S/c28-26(31)27(14-17-34-18-15-27)35(32,33)24-12-8-20(9-13-24)5-3-4-16-29-25(30)23-11-10-21-6-1-2-7-22(21)19-23/h1-2,6-13,19H,3-5,14-18H2,(H2,28,31)(H,29,30). The molecule has 0 unspecified atom stereocenters. The Morgan fingerprint density at radius 3 is 2.29 bits per heavy atom. The van der Waals surface area contributed by atoms with E-state index in [9.17, 15) is 18.0 Å². The largest absolute Gasteiger partial charge is 0.381 e. The van der Waals surface area contributed by atoms with Crippen LogP contribution in [-0.4, -0.2) is 44.7 Å². The van der Waals surface area contributed by atoms with Crippen LogP contribution in [0.3, 0.4) is 0 Å². The minimum atomic E-state index is -3.92. The average molecular weight is 495 g/mol. The molecule has 0 radical (unpaired) electrons. The number of primary amides is 1. The predicted octanol–water partition coefficient (Wildman–Crippen LogP) is 3.40. The molecule has 1 heterocycles. The molecule has 35 heavy (non-hydrogen) atoms. The summed E-state index contributed by atoms with van der Waals surface area (Å²) < 4.78 is 30.1. The normalized spacial score (nSPS) is 15.5. The first kappa shape index (κ1) is 24.9. The number of unbranched alkanes of at least 4 members (excludes halogenated alkanes) is 1. The number of rotatable bonds is 9. The Kier molecular flexibility index (Phi) is 7.52. The molecule has 0 aliphatic carbocycles. The van der Waals surface area contributed by atoms with Gasteiger partial charge in [-0.15, -0.1) is 0 Å². The van der Waals surface area contributed by atoms with Crippen molar-refractivity contribution in [3.8, 4) is 0 Å². The van der Waals surface area contributed by atoms with Crippen LogP contribution >= 0.6 is 0 Å². The summed E-state index contributed by atoms with van der Waals surface area (Å²) >= 11 is 0. The van der Waals surface area contributed by atoms with Crippen LogP contribution in [0.25, 0.3) is 10.8 Å². The summed E-state index contributed by atoms with van der Waals surface area (Å²) in [6.07, 6.45) is 2.52. The summed E-state index contributed by atoms with van der Waals surface area (Å²) in [5.41, 5.74) is 7.16. The van der Waals surface area contributed by atoms with Crippen LogP contribution in [0.2, 0.25) is 0 Å². The third-order valence-electron chi connectivity index (χ3n) is 6.69. The van der Waals surface area contributed by atoms with Crippen molar-refractivity contribution in [2.75, 3.05) is 19.8 Å². The fourth-order valence-corrected chi connectivity index (χ4v) is 6.41. The van der Waals surface area contributed by atoms with E-state index in [1.165, 1.54) is 0 Å². The first-order valence-electron chi connectivity index (χ1n) is 11.8. The summed E-state index contributed by atoms with van der Waals surface area (Å²) in [5.74, 6) is -0.919. The van der Waals surface area contributed by atoms with Crippen molar-refractivity contribution in [1.29, 1.82) is 0 Å². The molecule has 1 fully saturated rings. The van der Waals surface area contributed by atoms with Crippen LogP contribution < -0.4 is 11.1 Å². The number of carbonyl (C=O) groups is 2. The van der Waals surface area contributed by atoms with Gasteiger partial charge in [-0.2, -0.15) is 0 Å². The van der Waals surface area contributed by atoms with Gasteiger partial charge in [-0.1, -0.05) is 42.5 Å². The van der Waals surface area contributed by atoms with Crippen molar-refractivity contribution >= 4 is 32.4 Å². The second-order valence-corrected chi connectivity index (χ2v) is 11.2. The Labute approximate surface area is 205 Å². The molecule has 3 aromatic rings. The number of fused-ring (bicyclic) bond motifs is 1. The molecule has 8 heteroatoms. The van der Waals surface area contributed by atoms with E-state index in [2.05, 4.69) is 5.32 Å². The van der Waals surface area contributed by atoms with Gasteiger partial charge in [-0.3, -0.25) is 9.59 Å². The van der Waals surface area contributed by atoms with Gasteiger partial charge in [0.15, 0.2) is 14.6 Å². The van der Waals surface area contributed by atoms with Gasteiger partial charge in [0.2, 0.25) is 5.91 Å². The molecule has 1 aliphatic heterocycles. The number of hydrogen-bond acceptors (Lipinski definition) is 5. The molecule has 0 saturated carbocycles. The van der Waals surface area contributed by atoms with Gasteiger partial charge in [-0.05, 0) is 72.7 Å². The van der Waals surface area contributed by atoms with Crippen molar-refractivity contribution in [3.63, 3.8) is 0 Å². The summed E-state index contributed by atoms with van der Waals surface area (Å²) in [7, 11) is -3.92. The van der Waals surface area contributed by atoms with Gasteiger partial charge < -0.3 is 15.8 Å². The molecule has 0 aromatic heterocycles. The minimum Gasteiger partial charge on any atom is -0.381 e. The molecule has 0 spiro atoms. The number of nitrogens with one attached hydrogen (secondary N) is 1. The quantitative estimate of drug-likeness (QED) is 0.443. The molecule has 1 saturated heterocycles. The maximum Gasteiger partial charge on any atom is 0.251 e. The number of amides is 2. The Bertz CT molecular complexity index is 1310. The third kappa shape index (κ3) is 5.23. The maximum atomic E-state index is 13.2. The Balaban J connectivity index is 1.28. The second kappa shape index (κ2) is 10.6. The first-order chi connectivity index (χ1) is 16.8. The SMILES string of the molecule is NC(=O)C1(S(=O)(=O)c2ccc(CCCCNC(=O)c3ccc4ccccc4c3)cc2)CCOCC1. The Hall–Kier alpha value is -3.23. The molecule has 3 N–H and O–H groups in total. The molecule has 1 aliphatic rings. The zero-order chi connectivity index (χ0) is 24.9. The molecule has 0 atom stereocenters. The van der Waals surface area contributed by atoms with Gasteiger partial charge in [0, 0.05) is 25.3 Å². The van der Waals surface area contributed by atoms with Crippen LogP contribution in [-0.2, 0) is 25.8 Å². The molecule has 2 amide bonds. The van der Waals surface area contributed by atoms with Crippen molar-refractivity contribution in [2.45, 2.75) is 41.7 Å². The number of nitrogens with two attached hydrogens (primary N) is 1. The number of aryl methyl sites for hydroxylation is 1. The van der Waals surface area contributed by atoms with E-state index < -0.39 is 20.5 Å². The van der Waals surface area contributed by atoms with Crippen LogP contribution in [0.4, 0.5) is 0 Å². The topological polar surface area (TPSA) is 116 Å². The molecular weight excluding hydrogens is 464 g/mol. The van der Waals surface area contributed by atoms with Crippen LogP contribution in [0.1, 0.15) is 41.6 Å². The smallest absolute Gasteiger partial charge is 0.251 e. The fourth-order valence-electron chi connectivity index (χ4n) is 4.50. The first-order valence-corrected chi connectivity index (χ1v) is 13.3. The lowest BCUT2D eigenvalue weighted by molar-refractivity contribution is -0.122. The van der Waals surface area contributed by atoms with Crippen LogP contribution in [0.5, 0.6) is 0 Å². The van der Waals surface area contributed by atoms with E-state index in [0.717, 1.165) is 35.6 Å². The summed E-state index contributed by atoms with van der Waals surface area (Å²) in [5, 5.41) is 5.09. The molecular formula is C27H30N2O5S. The fraction of sp³-hybridized carbons (Fsp3) is 0.333. The zero-order valence-electron chi connectivity index (χ0n) is 19.5. The second-order valence-electron chi connectivity index (χ2n) is 8.89. The molecule has 3 aromatic carbocycles. The number of hydrogen-bond donors (Lipinski definition) is 2. The monoisotopic (exact) mass is 494 g/mol. The van der Waals surface area contributed by atoms with E-state index in [1.54, 1.807) is 24.3 Å². The number of ether oxygens (including phenoxy) is 1. The number of benzene rings is 3. The van der Waals surface area contributed by atoms with Crippen LogP contribution in [0.15, 0.2) is 71.6 Å². The van der Waals surface area contributed by atoms with Crippen molar-refractivity contribution < 1.29 is 22.7 Å². The van der Waals surface area contributed by atoms with E-state index >= 15 is 0 Å². The number of carbonyl (C=O) groups excluding carboxylic acids is 2. The van der Waals surface area contributed by atoms with E-state index in [1.807, 2.05) is 42.5 Å². The van der Waals surface area contributed by atoms with Gasteiger partial charge in [0.1, 0.15) is 0 Å². The Morgan fingerprint density at radius 1 is 0.914 bits per heavy atom. The lowest BCUT2D eigenvalue weighted by Crippen LogP contribution is -2.53.